The molecule has 0 rings (SSSR count). The fourth-order valence-electron chi connectivity index (χ4n) is 1.00. The number of ether oxygens (including phenoxy) is 1. The zero-order valence-corrected chi connectivity index (χ0v) is 9.55. The lowest BCUT2D eigenvalue weighted by atomic mass is 10.0. The Morgan fingerprint density at radius 3 is 2.23 bits per heavy atom. The van der Waals surface area contributed by atoms with Gasteiger partial charge >= 0.3 is 0 Å². The zero-order valence-electron chi connectivity index (χ0n) is 9.55. The van der Waals surface area contributed by atoms with Crippen molar-refractivity contribution in [3.05, 3.63) is 0 Å². The van der Waals surface area contributed by atoms with E-state index in [9.17, 15) is 0 Å². The Balaban J connectivity index is 3.85. The van der Waals surface area contributed by atoms with Crippen LogP contribution < -0.4 is 11.3 Å². The van der Waals surface area contributed by atoms with E-state index < -0.39 is 0 Å². The first-order valence-corrected chi connectivity index (χ1v) is 5.00. The van der Waals surface area contributed by atoms with Crippen molar-refractivity contribution in [2.24, 2.45) is 11.8 Å². The van der Waals surface area contributed by atoms with Crippen molar-refractivity contribution in [1.29, 1.82) is 0 Å². The molecule has 0 radical (unpaired) electrons. The average Bonchev–Trinajstić information content (AvgIpc) is 2.03. The summed E-state index contributed by atoms with van der Waals surface area (Å²) in [5, 5.41) is 0. The standard InChI is InChI=1S/C10H24N2O/c1-6-8(2)9(12-11)7-13-10(3,4)5/h8-9,12H,6-7,11H2,1-5H3. The lowest BCUT2D eigenvalue weighted by Gasteiger charge is -2.27. The Hall–Kier alpha value is -0.120. The van der Waals surface area contributed by atoms with Gasteiger partial charge in [0.1, 0.15) is 0 Å². The van der Waals surface area contributed by atoms with E-state index >= 15 is 0 Å². The van der Waals surface area contributed by atoms with Gasteiger partial charge in [-0.05, 0) is 26.7 Å². The van der Waals surface area contributed by atoms with Gasteiger partial charge in [0, 0.05) is 6.04 Å². The second-order valence-electron chi connectivity index (χ2n) is 4.58. The van der Waals surface area contributed by atoms with E-state index in [1.54, 1.807) is 0 Å². The molecule has 0 aliphatic rings. The first-order valence-electron chi connectivity index (χ1n) is 5.00. The van der Waals surface area contributed by atoms with Crippen LogP contribution in [0, 0.1) is 5.92 Å². The van der Waals surface area contributed by atoms with Crippen LogP contribution in [0.1, 0.15) is 41.0 Å². The van der Waals surface area contributed by atoms with Crippen molar-refractivity contribution in [1.82, 2.24) is 5.43 Å². The van der Waals surface area contributed by atoms with Gasteiger partial charge in [0.05, 0.1) is 12.2 Å². The minimum absolute atomic E-state index is 0.0808. The Kier molecular flexibility index (Phi) is 5.53. The fraction of sp³-hybridized carbons (Fsp3) is 1.00. The molecule has 0 saturated heterocycles. The number of rotatable bonds is 5. The molecule has 0 aromatic carbocycles. The fourth-order valence-corrected chi connectivity index (χ4v) is 1.00. The molecular weight excluding hydrogens is 164 g/mol. The summed E-state index contributed by atoms with van der Waals surface area (Å²) in [5.41, 5.74) is 2.72. The third kappa shape index (κ3) is 6.02. The van der Waals surface area contributed by atoms with Crippen molar-refractivity contribution < 1.29 is 4.74 Å². The molecule has 2 unspecified atom stereocenters. The largest absolute Gasteiger partial charge is 0.374 e. The van der Waals surface area contributed by atoms with Gasteiger partial charge in [-0.25, -0.2) is 0 Å². The van der Waals surface area contributed by atoms with Gasteiger partial charge in [-0.3, -0.25) is 11.3 Å². The quantitative estimate of drug-likeness (QED) is 0.510. The van der Waals surface area contributed by atoms with E-state index in [2.05, 4.69) is 40.0 Å². The van der Waals surface area contributed by atoms with Crippen LogP contribution in [0.25, 0.3) is 0 Å². The van der Waals surface area contributed by atoms with E-state index in [1.165, 1.54) is 0 Å². The van der Waals surface area contributed by atoms with Gasteiger partial charge in [-0.2, -0.15) is 0 Å². The normalized spacial score (nSPS) is 17.1. The highest BCUT2D eigenvalue weighted by molar-refractivity contribution is 4.71. The molecule has 0 aliphatic heterocycles. The zero-order chi connectivity index (χ0) is 10.5. The van der Waals surface area contributed by atoms with Crippen molar-refractivity contribution in [3.63, 3.8) is 0 Å². The molecule has 0 spiro atoms. The molecule has 13 heavy (non-hydrogen) atoms. The van der Waals surface area contributed by atoms with E-state index in [-0.39, 0.29) is 11.6 Å². The van der Waals surface area contributed by atoms with Gasteiger partial charge in [0.2, 0.25) is 0 Å². The predicted octanol–water partition coefficient (Wildman–Crippen LogP) is 1.68. The second kappa shape index (κ2) is 5.58. The van der Waals surface area contributed by atoms with Crippen LogP contribution in [0.3, 0.4) is 0 Å². The highest BCUT2D eigenvalue weighted by Gasteiger charge is 2.18. The molecule has 0 aromatic rings. The molecular formula is C10H24N2O. The summed E-state index contributed by atoms with van der Waals surface area (Å²) >= 11 is 0. The molecule has 0 bridgehead atoms. The summed E-state index contributed by atoms with van der Waals surface area (Å²) in [6.45, 7) is 11.2. The topological polar surface area (TPSA) is 47.3 Å². The average molecular weight is 188 g/mol. The molecule has 0 fully saturated rings. The maximum Gasteiger partial charge on any atom is 0.0642 e. The minimum atomic E-state index is -0.0808. The third-order valence-corrected chi connectivity index (χ3v) is 2.24. The lowest BCUT2D eigenvalue weighted by Crippen LogP contribution is -2.44. The molecule has 0 aromatic heterocycles. The summed E-state index contributed by atoms with van der Waals surface area (Å²) in [7, 11) is 0. The molecule has 3 nitrogen and oxygen atoms in total. The summed E-state index contributed by atoms with van der Waals surface area (Å²) in [6, 6.07) is 0.254. The van der Waals surface area contributed by atoms with Crippen LogP contribution in [0.2, 0.25) is 0 Å². The Morgan fingerprint density at radius 1 is 1.38 bits per heavy atom. The molecule has 0 aliphatic carbocycles. The number of hydrogen-bond donors (Lipinski definition) is 2. The minimum Gasteiger partial charge on any atom is -0.374 e. The summed E-state index contributed by atoms with van der Waals surface area (Å²) < 4.78 is 5.66. The highest BCUT2D eigenvalue weighted by Crippen LogP contribution is 2.12. The summed E-state index contributed by atoms with van der Waals surface area (Å²) in [4.78, 5) is 0. The maximum atomic E-state index is 5.66. The van der Waals surface area contributed by atoms with Gasteiger partial charge in [-0.1, -0.05) is 20.3 Å². The first kappa shape index (κ1) is 12.9. The smallest absolute Gasteiger partial charge is 0.0642 e. The van der Waals surface area contributed by atoms with Crippen molar-refractivity contribution >= 4 is 0 Å². The summed E-state index contributed by atoms with van der Waals surface area (Å²) in [5.74, 6) is 6.00. The van der Waals surface area contributed by atoms with E-state index in [4.69, 9.17) is 10.6 Å². The van der Waals surface area contributed by atoms with E-state index in [0.29, 0.717) is 12.5 Å². The van der Waals surface area contributed by atoms with E-state index in [0.717, 1.165) is 6.42 Å². The number of hydrazine groups is 1. The second-order valence-corrected chi connectivity index (χ2v) is 4.58. The predicted molar refractivity (Wildman–Crippen MR) is 56.3 cm³/mol. The summed E-state index contributed by atoms with van der Waals surface area (Å²) in [6.07, 6.45) is 1.11. The molecule has 3 heteroatoms. The van der Waals surface area contributed by atoms with Gasteiger partial charge in [0.25, 0.3) is 0 Å². The number of hydrogen-bond acceptors (Lipinski definition) is 3. The Bertz CT molecular complexity index is 131. The molecule has 2 atom stereocenters. The maximum absolute atomic E-state index is 5.66. The van der Waals surface area contributed by atoms with Crippen LogP contribution in [-0.2, 0) is 4.74 Å². The number of nitrogens with two attached hydrogens (primary N) is 1. The third-order valence-electron chi connectivity index (χ3n) is 2.24. The molecule has 0 amide bonds. The lowest BCUT2D eigenvalue weighted by molar-refractivity contribution is -0.0214. The first-order chi connectivity index (χ1) is 5.90. The van der Waals surface area contributed by atoms with Crippen LogP contribution in [-0.4, -0.2) is 18.2 Å². The number of nitrogens with one attached hydrogen (secondary N) is 1. The van der Waals surface area contributed by atoms with Crippen molar-refractivity contribution in [2.75, 3.05) is 6.61 Å². The van der Waals surface area contributed by atoms with Crippen LogP contribution in [0.4, 0.5) is 0 Å². The molecule has 0 saturated carbocycles. The molecule has 3 N–H and O–H groups in total. The Labute approximate surface area is 82.0 Å². The van der Waals surface area contributed by atoms with E-state index in [1.807, 2.05) is 0 Å². The van der Waals surface area contributed by atoms with Gasteiger partial charge < -0.3 is 4.74 Å². The molecule has 0 heterocycles. The van der Waals surface area contributed by atoms with Gasteiger partial charge in [-0.15, -0.1) is 0 Å². The van der Waals surface area contributed by atoms with Crippen molar-refractivity contribution in [2.45, 2.75) is 52.7 Å². The highest BCUT2D eigenvalue weighted by atomic mass is 16.5. The van der Waals surface area contributed by atoms with Gasteiger partial charge in [0.15, 0.2) is 0 Å². The monoisotopic (exact) mass is 188 g/mol. The van der Waals surface area contributed by atoms with Crippen LogP contribution in [0.5, 0.6) is 0 Å². The van der Waals surface area contributed by atoms with Crippen molar-refractivity contribution in [3.8, 4) is 0 Å². The Morgan fingerprint density at radius 2 is 1.92 bits per heavy atom. The van der Waals surface area contributed by atoms with Crippen LogP contribution >= 0.6 is 0 Å². The molecule has 80 valence electrons. The van der Waals surface area contributed by atoms with Crippen LogP contribution in [0.15, 0.2) is 0 Å². The SMILES string of the molecule is CCC(C)C(COC(C)(C)C)NN.